The van der Waals surface area contributed by atoms with Crippen molar-refractivity contribution >= 4 is 34.8 Å². The van der Waals surface area contributed by atoms with Gasteiger partial charge in [0.1, 0.15) is 18.1 Å². The first-order valence-electron chi connectivity index (χ1n) is 8.18. The molecule has 0 fully saturated rings. The van der Waals surface area contributed by atoms with Gasteiger partial charge in [-0.05, 0) is 30.2 Å². The predicted molar refractivity (Wildman–Crippen MR) is 103 cm³/mol. The van der Waals surface area contributed by atoms with Gasteiger partial charge in [0.15, 0.2) is 5.65 Å². The highest BCUT2D eigenvalue weighted by atomic mass is 35.5. The summed E-state index contributed by atoms with van der Waals surface area (Å²) in [5.74, 6) is 1.04. The Morgan fingerprint density at radius 1 is 1.07 bits per heavy atom. The van der Waals surface area contributed by atoms with Gasteiger partial charge < -0.3 is 18.6 Å². The minimum Gasteiger partial charge on any atom is -0.497 e. The predicted octanol–water partition coefficient (Wildman–Crippen LogP) is 4.33. The Morgan fingerprint density at radius 3 is 2.44 bits per heavy atom. The summed E-state index contributed by atoms with van der Waals surface area (Å²) in [7, 11) is 3.17. The number of nitrogens with zero attached hydrogens (tertiary/aromatic N) is 2. The van der Waals surface area contributed by atoms with Crippen molar-refractivity contribution in [3.8, 4) is 11.5 Å². The molecule has 0 unspecified atom stereocenters. The zero-order valence-electron chi connectivity index (χ0n) is 14.9. The van der Waals surface area contributed by atoms with Crippen LogP contribution in [0.5, 0.6) is 11.5 Å². The van der Waals surface area contributed by atoms with E-state index in [-0.39, 0.29) is 19.0 Å². The summed E-state index contributed by atoms with van der Waals surface area (Å²) in [5.41, 5.74) is 2.09. The van der Waals surface area contributed by atoms with Gasteiger partial charge in [0.2, 0.25) is 0 Å². The third kappa shape index (κ3) is 4.84. The highest BCUT2D eigenvalue weighted by Gasteiger charge is 2.10. The van der Waals surface area contributed by atoms with Gasteiger partial charge in [-0.3, -0.25) is 4.79 Å². The van der Waals surface area contributed by atoms with E-state index >= 15 is 0 Å². The number of aryl methyl sites for hydroxylation is 1. The van der Waals surface area contributed by atoms with Crippen LogP contribution < -0.4 is 9.47 Å². The minimum atomic E-state index is -0.321. The maximum Gasteiger partial charge on any atom is 0.306 e. The SMILES string of the molecule is COc1cc(CCC(=O)OCc2cn3cc(Cl)cc(Cl)c3n2)cc(OC)c1. The quantitative estimate of drug-likeness (QED) is 0.544. The van der Waals surface area contributed by atoms with Gasteiger partial charge in [0.25, 0.3) is 0 Å². The first-order chi connectivity index (χ1) is 13.0. The van der Waals surface area contributed by atoms with Crippen LogP contribution in [0, 0.1) is 0 Å². The molecule has 0 atom stereocenters. The van der Waals surface area contributed by atoms with E-state index in [2.05, 4.69) is 4.98 Å². The summed E-state index contributed by atoms with van der Waals surface area (Å²) in [6.07, 6.45) is 4.17. The number of methoxy groups -OCH3 is 2. The van der Waals surface area contributed by atoms with Crippen LogP contribution in [0.2, 0.25) is 10.0 Å². The molecule has 0 amide bonds. The first-order valence-corrected chi connectivity index (χ1v) is 8.94. The molecule has 8 heteroatoms. The van der Waals surface area contributed by atoms with E-state index in [0.29, 0.717) is 39.3 Å². The normalized spacial score (nSPS) is 10.8. The number of esters is 1. The summed E-state index contributed by atoms with van der Waals surface area (Å²) in [6.45, 7) is 0.0654. The lowest BCUT2D eigenvalue weighted by Crippen LogP contribution is -2.06. The Hall–Kier alpha value is -2.44. The average molecular weight is 409 g/mol. The Balaban J connectivity index is 1.58. The number of hydrogen-bond donors (Lipinski definition) is 0. The average Bonchev–Trinajstić information content (AvgIpc) is 3.07. The van der Waals surface area contributed by atoms with Gasteiger partial charge in [-0.15, -0.1) is 0 Å². The van der Waals surface area contributed by atoms with Gasteiger partial charge in [-0.2, -0.15) is 0 Å². The molecule has 0 saturated heterocycles. The second-order valence-corrected chi connectivity index (χ2v) is 6.69. The molecule has 0 N–H and O–H groups in total. The Kier molecular flexibility index (Phi) is 6.08. The molecule has 3 rings (SSSR count). The van der Waals surface area contributed by atoms with Crippen LogP contribution in [-0.4, -0.2) is 29.6 Å². The largest absolute Gasteiger partial charge is 0.497 e. The van der Waals surface area contributed by atoms with Gasteiger partial charge >= 0.3 is 5.97 Å². The fourth-order valence-corrected chi connectivity index (χ4v) is 3.16. The lowest BCUT2D eigenvalue weighted by Gasteiger charge is -2.08. The van der Waals surface area contributed by atoms with Crippen molar-refractivity contribution in [1.82, 2.24) is 9.38 Å². The summed E-state index contributed by atoms with van der Waals surface area (Å²) in [4.78, 5) is 16.4. The molecule has 3 aromatic rings. The van der Waals surface area contributed by atoms with Crippen LogP contribution in [0.25, 0.3) is 5.65 Å². The number of pyridine rings is 1. The fourth-order valence-electron chi connectivity index (χ4n) is 2.63. The van der Waals surface area contributed by atoms with Crippen LogP contribution in [0.3, 0.4) is 0 Å². The van der Waals surface area contributed by atoms with Gasteiger partial charge in [0, 0.05) is 24.9 Å². The van der Waals surface area contributed by atoms with E-state index in [9.17, 15) is 4.79 Å². The molecule has 0 aliphatic heterocycles. The van der Waals surface area contributed by atoms with Gasteiger partial charge in [-0.25, -0.2) is 4.98 Å². The number of carbonyl (C=O) groups excluding carboxylic acids is 1. The smallest absolute Gasteiger partial charge is 0.306 e. The van der Waals surface area contributed by atoms with E-state index in [0.717, 1.165) is 5.56 Å². The maximum absolute atomic E-state index is 12.1. The lowest BCUT2D eigenvalue weighted by atomic mass is 10.1. The van der Waals surface area contributed by atoms with Crippen LogP contribution in [0.1, 0.15) is 17.7 Å². The maximum atomic E-state index is 12.1. The molecule has 0 aliphatic carbocycles. The second-order valence-electron chi connectivity index (χ2n) is 5.85. The standard InChI is InChI=1S/C19H18Cl2N2O4/c1-25-15-5-12(6-16(8-15)26-2)3-4-18(24)27-11-14-10-23-9-13(20)7-17(21)19(23)22-14/h5-10H,3-4,11H2,1-2H3. The van der Waals surface area contributed by atoms with Crippen LogP contribution >= 0.6 is 23.2 Å². The third-order valence-corrected chi connectivity index (χ3v) is 4.42. The molecular formula is C19H18Cl2N2O4. The monoisotopic (exact) mass is 408 g/mol. The molecule has 142 valence electrons. The van der Waals surface area contributed by atoms with Crippen LogP contribution in [-0.2, 0) is 22.6 Å². The van der Waals surface area contributed by atoms with Crippen molar-refractivity contribution in [2.75, 3.05) is 14.2 Å². The van der Waals surface area contributed by atoms with Crippen molar-refractivity contribution in [2.24, 2.45) is 0 Å². The molecule has 0 bridgehead atoms. The molecule has 2 heterocycles. The lowest BCUT2D eigenvalue weighted by molar-refractivity contribution is -0.145. The van der Waals surface area contributed by atoms with Crippen molar-refractivity contribution in [2.45, 2.75) is 19.4 Å². The summed E-state index contributed by atoms with van der Waals surface area (Å²) < 4.78 is 17.5. The molecule has 0 radical (unpaired) electrons. The molecule has 2 aromatic heterocycles. The topological polar surface area (TPSA) is 62.1 Å². The summed E-state index contributed by atoms with van der Waals surface area (Å²) in [6, 6.07) is 7.12. The number of carbonyl (C=O) groups is 1. The Bertz CT molecular complexity index is 949. The van der Waals surface area contributed by atoms with E-state index in [1.54, 1.807) is 43.1 Å². The number of rotatable bonds is 7. The molecule has 0 saturated carbocycles. The van der Waals surface area contributed by atoms with Gasteiger partial charge in [0.05, 0.1) is 30.0 Å². The minimum absolute atomic E-state index is 0.0654. The number of halogens is 2. The van der Waals surface area contributed by atoms with Crippen molar-refractivity contribution < 1.29 is 19.0 Å². The summed E-state index contributed by atoms with van der Waals surface area (Å²) in [5, 5.41) is 0.939. The molecule has 0 spiro atoms. The molecule has 6 nitrogen and oxygen atoms in total. The molecule has 0 aliphatic rings. The molecule has 27 heavy (non-hydrogen) atoms. The van der Waals surface area contributed by atoms with Gasteiger partial charge in [-0.1, -0.05) is 23.2 Å². The van der Waals surface area contributed by atoms with Crippen LogP contribution in [0.4, 0.5) is 0 Å². The summed E-state index contributed by atoms with van der Waals surface area (Å²) >= 11 is 12.1. The third-order valence-electron chi connectivity index (χ3n) is 3.93. The molecule has 1 aromatic carbocycles. The van der Waals surface area contributed by atoms with E-state index < -0.39 is 0 Å². The second kappa shape index (κ2) is 8.50. The van der Waals surface area contributed by atoms with E-state index in [4.69, 9.17) is 37.4 Å². The first kappa shape index (κ1) is 19.3. The Morgan fingerprint density at radius 2 is 1.78 bits per heavy atom. The highest BCUT2D eigenvalue weighted by Crippen LogP contribution is 2.24. The highest BCUT2D eigenvalue weighted by molar-refractivity contribution is 6.36. The number of ether oxygens (including phenoxy) is 3. The fraction of sp³-hybridized carbons (Fsp3) is 0.263. The van der Waals surface area contributed by atoms with Crippen molar-refractivity contribution in [3.63, 3.8) is 0 Å². The van der Waals surface area contributed by atoms with Crippen molar-refractivity contribution in [3.05, 3.63) is 58.0 Å². The number of aromatic nitrogens is 2. The van der Waals surface area contributed by atoms with Crippen LogP contribution in [0.15, 0.2) is 36.7 Å². The number of benzene rings is 1. The zero-order chi connectivity index (χ0) is 19.4. The number of imidazole rings is 1. The van der Waals surface area contributed by atoms with E-state index in [1.165, 1.54) is 0 Å². The number of fused-ring (bicyclic) bond motifs is 1. The molecular weight excluding hydrogens is 391 g/mol. The Labute approximate surface area is 166 Å². The van der Waals surface area contributed by atoms with Crippen molar-refractivity contribution in [1.29, 1.82) is 0 Å². The van der Waals surface area contributed by atoms with E-state index in [1.807, 2.05) is 12.1 Å². The number of hydrogen-bond acceptors (Lipinski definition) is 5. The zero-order valence-corrected chi connectivity index (χ0v) is 16.4.